The first-order chi connectivity index (χ1) is 9.98. The molecular formula is C15H30N4O2. The molecule has 0 spiro atoms. The molecule has 1 amide bonds. The number of likely N-dealkylation sites (tertiary alicyclic amines) is 1. The first-order valence-electron chi connectivity index (χ1n) is 7.83. The zero-order valence-corrected chi connectivity index (χ0v) is 13.9. The van der Waals surface area contributed by atoms with Crippen molar-refractivity contribution in [3.63, 3.8) is 0 Å². The van der Waals surface area contributed by atoms with Crippen molar-refractivity contribution in [3.8, 4) is 0 Å². The van der Waals surface area contributed by atoms with Crippen molar-refractivity contribution in [2.75, 3.05) is 39.8 Å². The fraction of sp³-hybridized carbons (Fsp3) is 0.867. The van der Waals surface area contributed by atoms with Crippen LogP contribution in [0.3, 0.4) is 0 Å². The molecule has 2 N–H and O–H groups in total. The molecule has 0 atom stereocenters. The molecule has 0 bridgehead atoms. The lowest BCUT2D eigenvalue weighted by atomic mass is 10.1. The average Bonchev–Trinajstić information content (AvgIpc) is 2.86. The summed E-state index contributed by atoms with van der Waals surface area (Å²) >= 11 is 0. The van der Waals surface area contributed by atoms with Gasteiger partial charge in [-0.3, -0.25) is 9.79 Å². The van der Waals surface area contributed by atoms with E-state index in [9.17, 15) is 4.79 Å². The Morgan fingerprint density at radius 2 is 2.19 bits per heavy atom. The van der Waals surface area contributed by atoms with Crippen LogP contribution in [-0.2, 0) is 9.53 Å². The zero-order valence-electron chi connectivity index (χ0n) is 13.9. The van der Waals surface area contributed by atoms with Crippen molar-refractivity contribution < 1.29 is 9.53 Å². The van der Waals surface area contributed by atoms with E-state index in [0.717, 1.165) is 45.0 Å². The van der Waals surface area contributed by atoms with E-state index in [1.807, 2.05) is 25.7 Å². The molecule has 21 heavy (non-hydrogen) atoms. The molecule has 0 radical (unpaired) electrons. The molecule has 1 rings (SSSR count). The van der Waals surface area contributed by atoms with Gasteiger partial charge in [-0.2, -0.15) is 0 Å². The van der Waals surface area contributed by atoms with Gasteiger partial charge in [-0.05, 0) is 33.6 Å². The molecule has 0 aromatic rings. The minimum atomic E-state index is -0.260. The summed E-state index contributed by atoms with van der Waals surface area (Å²) in [6.45, 7) is 10.0. The number of carbonyl (C=O) groups is 1. The van der Waals surface area contributed by atoms with Crippen LogP contribution in [-0.4, -0.2) is 62.2 Å². The lowest BCUT2D eigenvalue weighted by Crippen LogP contribution is -2.40. The first-order valence-corrected chi connectivity index (χ1v) is 7.83. The van der Waals surface area contributed by atoms with Crippen molar-refractivity contribution in [3.05, 3.63) is 0 Å². The molecule has 122 valence electrons. The van der Waals surface area contributed by atoms with Gasteiger partial charge in [-0.1, -0.05) is 0 Å². The molecular weight excluding hydrogens is 268 g/mol. The predicted molar refractivity (Wildman–Crippen MR) is 85.5 cm³/mol. The Labute approximate surface area is 128 Å². The second-order valence-electron chi connectivity index (χ2n) is 5.92. The van der Waals surface area contributed by atoms with E-state index in [1.54, 1.807) is 7.11 Å². The van der Waals surface area contributed by atoms with E-state index in [2.05, 4.69) is 15.6 Å². The number of ether oxygens (including phenoxy) is 1. The summed E-state index contributed by atoms with van der Waals surface area (Å²) in [5.41, 5.74) is -0.260. The van der Waals surface area contributed by atoms with Crippen molar-refractivity contribution in [2.45, 2.75) is 45.6 Å². The molecule has 1 aliphatic rings. The molecule has 0 unspecified atom stereocenters. The van der Waals surface area contributed by atoms with Crippen molar-refractivity contribution in [1.29, 1.82) is 0 Å². The highest BCUT2D eigenvalue weighted by molar-refractivity contribution is 5.79. The van der Waals surface area contributed by atoms with Crippen LogP contribution in [0.1, 0.15) is 40.0 Å². The lowest BCUT2D eigenvalue weighted by molar-refractivity contribution is -0.127. The number of methoxy groups -OCH3 is 1. The number of amides is 1. The summed E-state index contributed by atoms with van der Waals surface area (Å²) in [6.07, 6.45) is 2.65. The van der Waals surface area contributed by atoms with E-state index in [4.69, 9.17) is 4.74 Å². The predicted octanol–water partition coefficient (Wildman–Crippen LogP) is 0.979. The molecule has 1 heterocycles. The van der Waals surface area contributed by atoms with Crippen molar-refractivity contribution >= 4 is 11.9 Å². The normalized spacial score (nSPS) is 16.5. The van der Waals surface area contributed by atoms with Crippen LogP contribution in [0.15, 0.2) is 4.99 Å². The monoisotopic (exact) mass is 298 g/mol. The molecule has 1 fully saturated rings. The molecule has 1 aliphatic heterocycles. The molecule has 0 aromatic carbocycles. The lowest BCUT2D eigenvalue weighted by Gasteiger charge is -2.21. The van der Waals surface area contributed by atoms with Crippen LogP contribution in [0.25, 0.3) is 0 Å². The number of nitrogens with zero attached hydrogens (tertiary/aromatic N) is 2. The van der Waals surface area contributed by atoms with Gasteiger partial charge in [0.05, 0.1) is 12.1 Å². The smallest absolute Gasteiger partial charge is 0.222 e. The molecule has 1 saturated heterocycles. The van der Waals surface area contributed by atoms with E-state index in [0.29, 0.717) is 13.0 Å². The third kappa shape index (κ3) is 6.80. The maximum atomic E-state index is 11.5. The number of aliphatic imine (C=N–C) groups is 1. The summed E-state index contributed by atoms with van der Waals surface area (Å²) in [7, 11) is 1.70. The van der Waals surface area contributed by atoms with Gasteiger partial charge in [0.25, 0.3) is 0 Å². The molecule has 0 saturated carbocycles. The van der Waals surface area contributed by atoms with Crippen LogP contribution >= 0.6 is 0 Å². The number of nitrogens with one attached hydrogen (secondary N) is 2. The SMILES string of the molecule is CCNC(=NCC(C)(C)OC)NCCCN1CCCC1=O. The zero-order chi connectivity index (χ0) is 15.7. The van der Waals surface area contributed by atoms with Gasteiger partial charge < -0.3 is 20.3 Å². The van der Waals surface area contributed by atoms with Gasteiger partial charge in [0.2, 0.25) is 5.91 Å². The maximum absolute atomic E-state index is 11.5. The minimum absolute atomic E-state index is 0.260. The van der Waals surface area contributed by atoms with Gasteiger partial charge >= 0.3 is 0 Å². The first kappa shape index (κ1) is 17.8. The Kier molecular flexibility index (Phi) is 7.50. The van der Waals surface area contributed by atoms with E-state index in [-0.39, 0.29) is 11.5 Å². The number of hydrogen-bond acceptors (Lipinski definition) is 3. The summed E-state index contributed by atoms with van der Waals surface area (Å²) in [4.78, 5) is 18.0. The molecule has 0 aromatic heterocycles. The molecule has 0 aliphatic carbocycles. The Balaban J connectivity index is 2.30. The fourth-order valence-electron chi connectivity index (χ4n) is 2.09. The van der Waals surface area contributed by atoms with Crippen LogP contribution in [0.5, 0.6) is 0 Å². The minimum Gasteiger partial charge on any atom is -0.377 e. The summed E-state index contributed by atoms with van der Waals surface area (Å²) in [6, 6.07) is 0. The summed E-state index contributed by atoms with van der Waals surface area (Å²) in [5.74, 6) is 1.09. The van der Waals surface area contributed by atoms with Crippen molar-refractivity contribution in [1.82, 2.24) is 15.5 Å². The van der Waals surface area contributed by atoms with E-state index >= 15 is 0 Å². The second-order valence-corrected chi connectivity index (χ2v) is 5.92. The third-order valence-electron chi connectivity index (χ3n) is 3.58. The standard InChI is InChI=1S/C15H30N4O2/c1-5-16-14(18-12-15(2,3)21-4)17-9-7-11-19-10-6-8-13(19)20/h5-12H2,1-4H3,(H2,16,17,18). The third-order valence-corrected chi connectivity index (χ3v) is 3.58. The van der Waals surface area contributed by atoms with Gasteiger partial charge in [0.1, 0.15) is 0 Å². The number of guanidine groups is 1. The van der Waals surface area contributed by atoms with E-state index in [1.165, 1.54) is 0 Å². The van der Waals surface area contributed by atoms with Crippen LogP contribution in [0.2, 0.25) is 0 Å². The quantitative estimate of drug-likeness (QED) is 0.398. The topological polar surface area (TPSA) is 66.0 Å². The summed E-state index contributed by atoms with van der Waals surface area (Å²) in [5, 5.41) is 6.52. The van der Waals surface area contributed by atoms with Gasteiger partial charge in [-0.15, -0.1) is 0 Å². The van der Waals surface area contributed by atoms with Crippen LogP contribution < -0.4 is 10.6 Å². The van der Waals surface area contributed by atoms with Gasteiger partial charge in [-0.25, -0.2) is 0 Å². The summed E-state index contributed by atoms with van der Waals surface area (Å²) < 4.78 is 5.36. The largest absolute Gasteiger partial charge is 0.377 e. The van der Waals surface area contributed by atoms with Gasteiger partial charge in [0, 0.05) is 39.7 Å². The highest BCUT2D eigenvalue weighted by Gasteiger charge is 2.19. The fourth-order valence-corrected chi connectivity index (χ4v) is 2.09. The van der Waals surface area contributed by atoms with E-state index < -0.39 is 0 Å². The Morgan fingerprint density at radius 3 is 2.76 bits per heavy atom. The molecule has 6 nitrogen and oxygen atoms in total. The van der Waals surface area contributed by atoms with Crippen molar-refractivity contribution in [2.24, 2.45) is 4.99 Å². The van der Waals surface area contributed by atoms with Crippen LogP contribution in [0, 0.1) is 0 Å². The molecule has 6 heteroatoms. The number of carbonyl (C=O) groups excluding carboxylic acids is 1. The maximum Gasteiger partial charge on any atom is 0.222 e. The Hall–Kier alpha value is -1.30. The second kappa shape index (κ2) is 8.87. The number of hydrogen-bond donors (Lipinski definition) is 2. The highest BCUT2D eigenvalue weighted by atomic mass is 16.5. The van der Waals surface area contributed by atoms with Crippen LogP contribution in [0.4, 0.5) is 0 Å². The van der Waals surface area contributed by atoms with Gasteiger partial charge in [0.15, 0.2) is 5.96 Å². The average molecular weight is 298 g/mol. The Bertz CT molecular complexity index is 356. The number of rotatable bonds is 8. The Morgan fingerprint density at radius 1 is 1.43 bits per heavy atom. The highest BCUT2D eigenvalue weighted by Crippen LogP contribution is 2.09.